The van der Waals surface area contributed by atoms with Crippen molar-refractivity contribution in [1.29, 1.82) is 0 Å². The fraction of sp³-hybridized carbons (Fsp3) is 0.133. The zero-order valence-electron chi connectivity index (χ0n) is 11.6. The number of carbonyl (C=O) groups excluding carboxylic acids is 1. The molecule has 108 valence electrons. The van der Waals surface area contributed by atoms with Crippen LogP contribution in [0.1, 0.15) is 10.4 Å². The highest BCUT2D eigenvalue weighted by Gasteiger charge is 2.11. The Labute approximate surface area is 126 Å². The molecule has 21 heavy (non-hydrogen) atoms. The van der Waals surface area contributed by atoms with Gasteiger partial charge in [-0.05, 0) is 13.8 Å². The normalized spacial score (nSPS) is 10.8. The quantitative estimate of drug-likeness (QED) is 0.851. The third-order valence-electron chi connectivity index (χ3n) is 2.73. The number of carbonyl (C=O) groups is 2. The maximum atomic E-state index is 11.5. The van der Waals surface area contributed by atoms with Crippen molar-refractivity contribution in [3.8, 4) is 11.3 Å². The summed E-state index contributed by atoms with van der Waals surface area (Å²) >= 11 is 1.35. The molecule has 1 heterocycles. The lowest BCUT2D eigenvalue weighted by Gasteiger charge is -1.99. The smallest absolute Gasteiger partial charge is 0.328 e. The molecule has 2 N–H and O–H groups in total. The molecule has 0 fully saturated rings. The summed E-state index contributed by atoms with van der Waals surface area (Å²) in [4.78, 5) is 27.2. The summed E-state index contributed by atoms with van der Waals surface area (Å²) in [5.74, 6) is -1.68. The number of anilines is 1. The molecule has 0 saturated heterocycles. The van der Waals surface area contributed by atoms with Gasteiger partial charge in [0.2, 0.25) is 5.91 Å². The molecule has 0 saturated carbocycles. The van der Waals surface area contributed by atoms with Gasteiger partial charge in [-0.25, -0.2) is 9.78 Å². The predicted molar refractivity (Wildman–Crippen MR) is 82.4 cm³/mol. The van der Waals surface area contributed by atoms with Crippen molar-refractivity contribution >= 4 is 28.3 Å². The molecule has 5 nitrogen and oxygen atoms in total. The van der Waals surface area contributed by atoms with E-state index >= 15 is 0 Å². The van der Waals surface area contributed by atoms with Crippen LogP contribution < -0.4 is 5.32 Å². The molecule has 2 aromatic rings. The summed E-state index contributed by atoms with van der Waals surface area (Å²) < 4.78 is 0. The molecule has 0 aliphatic heterocycles. The van der Waals surface area contributed by atoms with Crippen molar-refractivity contribution < 1.29 is 14.7 Å². The van der Waals surface area contributed by atoms with Crippen molar-refractivity contribution in [2.24, 2.45) is 0 Å². The molecule has 0 aliphatic rings. The van der Waals surface area contributed by atoms with Crippen molar-refractivity contribution in [3.05, 3.63) is 46.9 Å². The highest BCUT2D eigenvalue weighted by molar-refractivity contribution is 7.16. The van der Waals surface area contributed by atoms with E-state index in [4.69, 9.17) is 5.11 Å². The first-order chi connectivity index (χ1) is 9.95. The van der Waals surface area contributed by atoms with Crippen molar-refractivity contribution in [2.75, 3.05) is 5.32 Å². The van der Waals surface area contributed by atoms with Crippen LogP contribution in [0.3, 0.4) is 0 Å². The van der Waals surface area contributed by atoms with Crippen LogP contribution in [0.4, 0.5) is 5.13 Å². The molecular formula is C15H14N2O3S. The number of hydrogen-bond donors (Lipinski definition) is 2. The molecule has 1 aromatic carbocycles. The Morgan fingerprint density at radius 1 is 1.19 bits per heavy atom. The maximum Gasteiger partial charge on any atom is 0.328 e. The minimum Gasteiger partial charge on any atom is -0.478 e. The van der Waals surface area contributed by atoms with Gasteiger partial charge in [-0.15, -0.1) is 11.3 Å². The average molecular weight is 302 g/mol. The van der Waals surface area contributed by atoms with Gasteiger partial charge in [-0.1, -0.05) is 29.8 Å². The fourth-order valence-corrected chi connectivity index (χ4v) is 2.56. The number of nitrogens with zero attached hydrogens (tertiary/aromatic N) is 1. The molecule has 0 unspecified atom stereocenters. The van der Waals surface area contributed by atoms with Crippen LogP contribution in [0.15, 0.2) is 36.4 Å². The lowest BCUT2D eigenvalue weighted by Crippen LogP contribution is -2.08. The first-order valence-electron chi connectivity index (χ1n) is 6.22. The van der Waals surface area contributed by atoms with Gasteiger partial charge in [0.05, 0.1) is 5.69 Å². The molecular weight excluding hydrogens is 288 g/mol. The van der Waals surface area contributed by atoms with E-state index < -0.39 is 11.9 Å². The monoisotopic (exact) mass is 302 g/mol. The third-order valence-corrected chi connectivity index (χ3v) is 3.62. The van der Waals surface area contributed by atoms with E-state index in [1.54, 1.807) is 0 Å². The van der Waals surface area contributed by atoms with Gasteiger partial charge in [-0.2, -0.15) is 0 Å². The first kappa shape index (κ1) is 14.9. The lowest BCUT2D eigenvalue weighted by atomic mass is 10.1. The number of amides is 1. The number of benzene rings is 1. The summed E-state index contributed by atoms with van der Waals surface area (Å²) in [5.41, 5.74) is 2.97. The summed E-state index contributed by atoms with van der Waals surface area (Å²) in [6.45, 7) is 3.94. The van der Waals surface area contributed by atoms with Crippen LogP contribution in [-0.4, -0.2) is 22.0 Å². The van der Waals surface area contributed by atoms with Gasteiger partial charge in [-0.3, -0.25) is 10.1 Å². The molecule has 1 aromatic heterocycles. The number of rotatable bonds is 4. The molecule has 0 aliphatic carbocycles. The Balaban J connectivity index is 2.17. The maximum absolute atomic E-state index is 11.5. The van der Waals surface area contributed by atoms with Crippen LogP contribution in [-0.2, 0) is 9.59 Å². The molecule has 0 spiro atoms. The van der Waals surface area contributed by atoms with Crippen molar-refractivity contribution in [2.45, 2.75) is 13.8 Å². The zero-order chi connectivity index (χ0) is 15.4. The van der Waals surface area contributed by atoms with E-state index in [0.717, 1.165) is 28.3 Å². The largest absolute Gasteiger partial charge is 0.478 e. The van der Waals surface area contributed by atoms with E-state index in [1.165, 1.54) is 16.9 Å². The second-order valence-electron chi connectivity index (χ2n) is 4.45. The highest BCUT2D eigenvalue weighted by Crippen LogP contribution is 2.30. The second-order valence-corrected chi connectivity index (χ2v) is 5.65. The Hall–Kier alpha value is -2.47. The van der Waals surface area contributed by atoms with E-state index in [1.807, 2.05) is 38.1 Å². The number of hydrogen-bond acceptors (Lipinski definition) is 4. The number of carboxylic acid groups (broad SMARTS) is 1. The van der Waals surface area contributed by atoms with Crippen LogP contribution in [0.25, 0.3) is 11.3 Å². The summed E-state index contributed by atoms with van der Waals surface area (Å²) in [6.07, 6.45) is 1.75. The van der Waals surface area contributed by atoms with Gasteiger partial charge in [0.15, 0.2) is 5.13 Å². The molecule has 1 amide bonds. The number of carboxylic acids is 1. The lowest BCUT2D eigenvalue weighted by molar-refractivity contribution is -0.131. The van der Waals surface area contributed by atoms with Crippen LogP contribution in [0, 0.1) is 13.8 Å². The minimum atomic E-state index is -1.17. The molecule has 2 rings (SSSR count). The summed E-state index contributed by atoms with van der Waals surface area (Å²) in [7, 11) is 0. The Kier molecular flexibility index (Phi) is 4.49. The highest BCUT2D eigenvalue weighted by atomic mass is 32.1. The van der Waals surface area contributed by atoms with Crippen LogP contribution >= 0.6 is 11.3 Å². The Morgan fingerprint density at radius 2 is 1.86 bits per heavy atom. The van der Waals surface area contributed by atoms with Gasteiger partial charge in [0.1, 0.15) is 0 Å². The number of aliphatic carboxylic acids is 1. The van der Waals surface area contributed by atoms with Gasteiger partial charge < -0.3 is 5.11 Å². The zero-order valence-corrected chi connectivity index (χ0v) is 12.4. The van der Waals surface area contributed by atoms with Crippen LogP contribution in [0.2, 0.25) is 0 Å². The first-order valence-corrected chi connectivity index (χ1v) is 7.04. The molecule has 0 atom stereocenters. The molecule has 0 radical (unpaired) electrons. The van der Waals surface area contributed by atoms with Crippen LogP contribution in [0.5, 0.6) is 0 Å². The third kappa shape index (κ3) is 4.00. The molecule has 0 bridgehead atoms. The number of aromatic nitrogens is 1. The Morgan fingerprint density at radius 3 is 2.48 bits per heavy atom. The molecule has 6 heteroatoms. The van der Waals surface area contributed by atoms with E-state index in [0.29, 0.717) is 5.13 Å². The van der Waals surface area contributed by atoms with Crippen molar-refractivity contribution in [1.82, 2.24) is 4.98 Å². The van der Waals surface area contributed by atoms with E-state index in [9.17, 15) is 9.59 Å². The number of aryl methyl sites for hydroxylation is 2. The number of thiazole rings is 1. The van der Waals surface area contributed by atoms with Gasteiger partial charge >= 0.3 is 5.97 Å². The van der Waals surface area contributed by atoms with Crippen molar-refractivity contribution in [3.63, 3.8) is 0 Å². The Bertz CT molecular complexity index is 702. The topological polar surface area (TPSA) is 79.3 Å². The predicted octanol–water partition coefficient (Wildman–Crippen LogP) is 3.01. The van der Waals surface area contributed by atoms with Gasteiger partial charge in [0, 0.05) is 22.6 Å². The standard InChI is InChI=1S/C15H14N2O3S/c1-9-3-5-11(6-4-9)14-10(2)21-15(17-14)16-12(18)7-8-13(19)20/h3-8H,1-2H3,(H,19,20)(H,16,17,18)/b8-7-. The SMILES string of the molecule is Cc1ccc(-c2nc(NC(=O)/C=C\C(=O)O)sc2C)cc1. The van der Waals surface area contributed by atoms with Gasteiger partial charge in [0.25, 0.3) is 0 Å². The summed E-state index contributed by atoms with van der Waals surface area (Å²) in [6, 6.07) is 7.96. The fourth-order valence-electron chi connectivity index (χ4n) is 1.72. The number of nitrogens with one attached hydrogen (secondary N) is 1. The minimum absolute atomic E-state index is 0.447. The van der Waals surface area contributed by atoms with E-state index in [-0.39, 0.29) is 0 Å². The van der Waals surface area contributed by atoms with E-state index in [2.05, 4.69) is 10.3 Å². The average Bonchev–Trinajstić information content (AvgIpc) is 2.78. The summed E-state index contributed by atoms with van der Waals surface area (Å²) in [5, 5.41) is 11.5. The second kappa shape index (κ2) is 6.32.